The van der Waals surface area contributed by atoms with Crippen LogP contribution in [-0.4, -0.2) is 42.4 Å². The van der Waals surface area contributed by atoms with Gasteiger partial charge in [0, 0.05) is 12.5 Å². The molecule has 1 heterocycles. The zero-order chi connectivity index (χ0) is 15.7. The van der Waals surface area contributed by atoms with Gasteiger partial charge in [-0.25, -0.2) is 16.8 Å². The van der Waals surface area contributed by atoms with E-state index >= 15 is 0 Å². The van der Waals surface area contributed by atoms with Gasteiger partial charge < -0.3 is 5.32 Å². The molecule has 21 heavy (non-hydrogen) atoms. The van der Waals surface area contributed by atoms with E-state index in [-0.39, 0.29) is 9.79 Å². The molecular weight excluding hydrogens is 310 g/mol. The number of benzene rings is 1. The zero-order valence-electron chi connectivity index (χ0n) is 12.3. The van der Waals surface area contributed by atoms with Crippen molar-refractivity contribution in [2.45, 2.75) is 29.1 Å². The van der Waals surface area contributed by atoms with Crippen molar-refractivity contribution in [1.29, 1.82) is 0 Å². The van der Waals surface area contributed by atoms with Gasteiger partial charge in [0.15, 0.2) is 19.7 Å². The minimum atomic E-state index is -3.57. The van der Waals surface area contributed by atoms with Gasteiger partial charge >= 0.3 is 0 Å². The van der Waals surface area contributed by atoms with E-state index in [0.29, 0.717) is 5.92 Å². The van der Waals surface area contributed by atoms with Crippen molar-refractivity contribution in [3.05, 3.63) is 23.8 Å². The Morgan fingerprint density at radius 2 is 1.57 bits per heavy atom. The third-order valence-corrected chi connectivity index (χ3v) is 6.21. The highest BCUT2D eigenvalue weighted by molar-refractivity contribution is 7.93. The maximum Gasteiger partial charge on any atom is 0.176 e. The normalized spacial score (nSPS) is 17.8. The summed E-state index contributed by atoms with van der Waals surface area (Å²) in [6.07, 6.45) is 4.98. The Balaban J connectivity index is 2.38. The van der Waals surface area contributed by atoms with E-state index in [1.54, 1.807) is 6.07 Å². The summed E-state index contributed by atoms with van der Waals surface area (Å²) >= 11 is 0. The molecule has 0 atom stereocenters. The predicted molar refractivity (Wildman–Crippen MR) is 82.0 cm³/mol. The summed E-state index contributed by atoms with van der Waals surface area (Å²) in [5.41, 5.74) is 0.884. The lowest BCUT2D eigenvalue weighted by atomic mass is 9.91. The van der Waals surface area contributed by atoms with Gasteiger partial charge in [0.05, 0.1) is 9.79 Å². The Bertz CT molecular complexity index is 717. The van der Waals surface area contributed by atoms with Crippen LogP contribution in [0.4, 0.5) is 0 Å². The van der Waals surface area contributed by atoms with E-state index in [2.05, 4.69) is 5.32 Å². The molecule has 0 unspecified atom stereocenters. The highest BCUT2D eigenvalue weighted by Gasteiger charge is 2.22. The molecule has 1 aromatic carbocycles. The standard InChI is InChI=1S/C14H21NO4S2/c1-20(16,17)13-4-3-12(10-14(13)21(2,18)19)9-11-5-7-15-8-6-11/h3-4,10-11,15H,5-9H2,1-2H3. The topological polar surface area (TPSA) is 80.3 Å². The molecule has 1 aliphatic rings. The van der Waals surface area contributed by atoms with Crippen LogP contribution in [0.25, 0.3) is 0 Å². The molecule has 7 heteroatoms. The number of nitrogens with one attached hydrogen (secondary N) is 1. The molecule has 0 radical (unpaired) electrons. The van der Waals surface area contributed by atoms with Crippen LogP contribution >= 0.6 is 0 Å². The Kier molecular flexibility index (Phi) is 4.75. The average Bonchev–Trinajstić information content (AvgIpc) is 2.37. The van der Waals surface area contributed by atoms with Crippen LogP contribution in [0.5, 0.6) is 0 Å². The van der Waals surface area contributed by atoms with E-state index in [9.17, 15) is 16.8 Å². The van der Waals surface area contributed by atoms with Crippen molar-refractivity contribution < 1.29 is 16.8 Å². The largest absolute Gasteiger partial charge is 0.317 e. The van der Waals surface area contributed by atoms with Gasteiger partial charge in [-0.3, -0.25) is 0 Å². The van der Waals surface area contributed by atoms with E-state index < -0.39 is 19.7 Å². The maximum atomic E-state index is 11.9. The van der Waals surface area contributed by atoms with E-state index in [4.69, 9.17) is 0 Å². The van der Waals surface area contributed by atoms with Crippen LogP contribution in [-0.2, 0) is 26.1 Å². The number of sulfone groups is 2. The Morgan fingerprint density at radius 1 is 1.00 bits per heavy atom. The summed E-state index contributed by atoms with van der Waals surface area (Å²) in [5.74, 6) is 0.516. The average molecular weight is 331 g/mol. The molecule has 1 aromatic rings. The summed E-state index contributed by atoms with van der Waals surface area (Å²) in [6, 6.07) is 4.67. The van der Waals surface area contributed by atoms with Gasteiger partial charge in [-0.15, -0.1) is 0 Å². The first-order valence-electron chi connectivity index (χ1n) is 6.91. The molecule has 5 nitrogen and oxygen atoms in total. The highest BCUT2D eigenvalue weighted by Crippen LogP contribution is 2.25. The van der Waals surface area contributed by atoms with Crippen molar-refractivity contribution in [3.63, 3.8) is 0 Å². The predicted octanol–water partition coefficient (Wildman–Crippen LogP) is 1.04. The smallest absolute Gasteiger partial charge is 0.176 e. The molecule has 1 aliphatic heterocycles. The third-order valence-electron chi connectivity index (χ3n) is 3.79. The molecule has 1 N–H and O–H groups in total. The van der Waals surface area contributed by atoms with Gasteiger partial charge in [-0.1, -0.05) is 6.07 Å². The van der Waals surface area contributed by atoms with Gasteiger partial charge in [0.1, 0.15) is 0 Å². The fourth-order valence-corrected chi connectivity index (χ4v) is 5.14. The third kappa shape index (κ3) is 4.28. The van der Waals surface area contributed by atoms with E-state index in [1.807, 2.05) is 0 Å². The molecule has 0 bridgehead atoms. The molecular formula is C14H21NO4S2. The number of piperidine rings is 1. The monoisotopic (exact) mass is 331 g/mol. The lowest BCUT2D eigenvalue weighted by Crippen LogP contribution is -2.28. The minimum absolute atomic E-state index is 0.0866. The molecule has 0 saturated carbocycles. The van der Waals surface area contributed by atoms with E-state index in [1.165, 1.54) is 12.1 Å². The van der Waals surface area contributed by atoms with Crippen LogP contribution in [0.15, 0.2) is 28.0 Å². The summed E-state index contributed by atoms with van der Waals surface area (Å²) < 4.78 is 47.2. The van der Waals surface area contributed by atoms with Crippen LogP contribution in [0.1, 0.15) is 18.4 Å². The van der Waals surface area contributed by atoms with Crippen molar-refractivity contribution in [2.75, 3.05) is 25.6 Å². The number of hydrogen-bond acceptors (Lipinski definition) is 5. The summed E-state index contributed by atoms with van der Waals surface area (Å²) in [5, 5.41) is 3.29. The second-order valence-corrected chi connectivity index (χ2v) is 9.69. The Hall–Kier alpha value is -0.920. The molecule has 1 fully saturated rings. The van der Waals surface area contributed by atoms with E-state index in [0.717, 1.165) is 50.4 Å². The van der Waals surface area contributed by atoms with Gasteiger partial charge in [0.2, 0.25) is 0 Å². The van der Waals surface area contributed by atoms with Crippen LogP contribution in [0, 0.1) is 5.92 Å². The fourth-order valence-electron chi connectivity index (χ4n) is 2.69. The fraction of sp³-hybridized carbons (Fsp3) is 0.571. The molecule has 118 valence electrons. The van der Waals surface area contributed by atoms with Crippen molar-refractivity contribution >= 4 is 19.7 Å². The Morgan fingerprint density at radius 3 is 2.10 bits per heavy atom. The number of hydrogen-bond donors (Lipinski definition) is 1. The zero-order valence-corrected chi connectivity index (χ0v) is 13.9. The SMILES string of the molecule is CS(=O)(=O)c1ccc(CC2CCNCC2)cc1S(C)(=O)=O. The minimum Gasteiger partial charge on any atom is -0.317 e. The van der Waals surface area contributed by atoms with Crippen molar-refractivity contribution in [3.8, 4) is 0 Å². The quantitative estimate of drug-likeness (QED) is 0.891. The molecule has 2 rings (SSSR count). The molecule has 0 spiro atoms. The number of rotatable bonds is 4. The molecule has 0 amide bonds. The van der Waals surface area contributed by atoms with Crippen molar-refractivity contribution in [1.82, 2.24) is 5.32 Å². The summed E-state index contributed by atoms with van der Waals surface area (Å²) in [4.78, 5) is -0.199. The second-order valence-electron chi connectivity index (χ2n) is 5.72. The molecule has 0 aliphatic carbocycles. The first-order valence-corrected chi connectivity index (χ1v) is 10.7. The lowest BCUT2D eigenvalue weighted by Gasteiger charge is -2.22. The first-order chi connectivity index (χ1) is 9.68. The summed E-state index contributed by atoms with van der Waals surface area (Å²) in [6.45, 7) is 1.95. The first kappa shape index (κ1) is 16.5. The molecule has 0 aromatic heterocycles. The lowest BCUT2D eigenvalue weighted by molar-refractivity contribution is 0.372. The van der Waals surface area contributed by atoms with Gasteiger partial charge in [-0.05, 0) is 56.0 Å². The second kappa shape index (κ2) is 6.06. The Labute approximate surface area is 126 Å². The molecule has 1 saturated heterocycles. The van der Waals surface area contributed by atoms with Crippen LogP contribution in [0.2, 0.25) is 0 Å². The van der Waals surface area contributed by atoms with Gasteiger partial charge in [-0.2, -0.15) is 0 Å². The maximum absolute atomic E-state index is 11.9. The summed E-state index contributed by atoms with van der Waals surface area (Å²) in [7, 11) is -7.13. The van der Waals surface area contributed by atoms with Crippen LogP contribution < -0.4 is 5.32 Å². The van der Waals surface area contributed by atoms with Gasteiger partial charge in [0.25, 0.3) is 0 Å². The van der Waals surface area contributed by atoms with Crippen LogP contribution in [0.3, 0.4) is 0 Å². The van der Waals surface area contributed by atoms with Crippen molar-refractivity contribution in [2.24, 2.45) is 5.92 Å². The highest BCUT2D eigenvalue weighted by atomic mass is 32.2.